The van der Waals surface area contributed by atoms with Crippen LogP contribution in [0.15, 0.2) is 22.6 Å². The number of rotatable bonds is 1. The molecule has 24 heavy (non-hydrogen) atoms. The van der Waals surface area contributed by atoms with Crippen LogP contribution in [0.3, 0.4) is 0 Å². The summed E-state index contributed by atoms with van der Waals surface area (Å²) in [6.45, 7) is 8.68. The Hall–Kier alpha value is -2.29. The topological polar surface area (TPSA) is 19.4 Å². The lowest BCUT2D eigenvalue weighted by Gasteiger charge is -2.19. The summed E-state index contributed by atoms with van der Waals surface area (Å²) in [4.78, 5) is 2.14. The van der Waals surface area contributed by atoms with E-state index in [0.717, 1.165) is 11.3 Å². The van der Waals surface area contributed by atoms with E-state index in [1.165, 1.54) is 44.2 Å². The van der Waals surface area contributed by atoms with E-state index in [4.69, 9.17) is 4.42 Å². The van der Waals surface area contributed by atoms with Gasteiger partial charge in [0.2, 0.25) is 5.36 Å². The summed E-state index contributed by atoms with van der Waals surface area (Å²) < 4.78 is 8.56. The van der Waals surface area contributed by atoms with Crippen LogP contribution < -0.4 is 14.8 Å². The van der Waals surface area contributed by atoms with Crippen LogP contribution in [0.25, 0.3) is 22.3 Å². The lowest BCUT2D eigenvalue weighted by Crippen LogP contribution is -2.28. The average Bonchev–Trinajstić information content (AvgIpc) is 2.48. The fraction of sp³-hybridized carbons (Fsp3) is 0.381. The van der Waals surface area contributed by atoms with E-state index in [2.05, 4.69) is 83.6 Å². The molecule has 1 heterocycles. The van der Waals surface area contributed by atoms with Gasteiger partial charge >= 0.3 is 0 Å². The summed E-state index contributed by atoms with van der Waals surface area (Å²) in [6.07, 6.45) is 0. The first-order valence-electron chi connectivity index (χ1n) is 8.38. The number of hydrogen-bond donors (Lipinski definition) is 0. The van der Waals surface area contributed by atoms with E-state index in [1.807, 2.05) is 0 Å². The summed E-state index contributed by atoms with van der Waals surface area (Å²) in [5.41, 5.74) is 8.39. The third kappa shape index (κ3) is 2.39. The van der Waals surface area contributed by atoms with Crippen LogP contribution in [0.5, 0.6) is 0 Å². The van der Waals surface area contributed by atoms with Gasteiger partial charge < -0.3 is 9.32 Å². The molecule has 1 aliphatic carbocycles. The molecule has 0 bridgehead atoms. The van der Waals surface area contributed by atoms with Gasteiger partial charge in [-0.25, -0.2) is 4.58 Å². The maximum absolute atomic E-state index is 6.40. The Morgan fingerprint density at radius 1 is 0.875 bits per heavy atom. The Balaban J connectivity index is 2.53. The molecule has 0 amide bonds. The Kier molecular flexibility index (Phi) is 3.90. The second kappa shape index (κ2) is 5.66. The highest BCUT2D eigenvalue weighted by Gasteiger charge is 2.20. The van der Waals surface area contributed by atoms with Gasteiger partial charge in [-0.2, -0.15) is 0 Å². The molecule has 3 nitrogen and oxygen atoms in total. The zero-order valence-corrected chi connectivity index (χ0v) is 16.0. The number of benzene rings is 2. The highest BCUT2D eigenvalue weighted by molar-refractivity contribution is 5.91. The Morgan fingerprint density at radius 3 is 2.12 bits per heavy atom. The van der Waals surface area contributed by atoms with Gasteiger partial charge in [0.15, 0.2) is 0 Å². The van der Waals surface area contributed by atoms with Crippen molar-refractivity contribution >= 4 is 16.7 Å². The molecule has 126 valence electrons. The van der Waals surface area contributed by atoms with E-state index < -0.39 is 0 Å². The molecular formula is C21H27N2O+. The Morgan fingerprint density at radius 2 is 1.54 bits per heavy atom. The molecular weight excluding hydrogens is 296 g/mol. The third-order valence-electron chi connectivity index (χ3n) is 4.92. The van der Waals surface area contributed by atoms with E-state index in [1.54, 1.807) is 0 Å². The van der Waals surface area contributed by atoms with E-state index in [-0.39, 0.29) is 0 Å². The molecule has 0 atom stereocenters. The minimum absolute atomic E-state index is 0.950. The maximum atomic E-state index is 6.40. The molecule has 1 aromatic carbocycles. The predicted molar refractivity (Wildman–Crippen MR) is 103 cm³/mol. The molecule has 3 rings (SSSR count). The van der Waals surface area contributed by atoms with Crippen molar-refractivity contribution in [3.05, 3.63) is 45.8 Å². The number of anilines is 1. The molecule has 0 fully saturated rings. The van der Waals surface area contributed by atoms with Crippen molar-refractivity contribution in [1.29, 1.82) is 0 Å². The minimum atomic E-state index is 0.950. The van der Waals surface area contributed by atoms with Gasteiger partial charge in [0.05, 0.1) is 5.56 Å². The first kappa shape index (κ1) is 16.6. The Labute approximate surface area is 144 Å². The van der Waals surface area contributed by atoms with Crippen molar-refractivity contribution in [3.8, 4) is 11.3 Å². The molecule has 1 aromatic rings. The van der Waals surface area contributed by atoms with Gasteiger partial charge in [0.1, 0.15) is 25.4 Å². The number of hydrogen-bond acceptors (Lipinski definition) is 2. The van der Waals surface area contributed by atoms with E-state index in [9.17, 15) is 0 Å². The maximum Gasteiger partial charge on any atom is 0.209 e. The lowest BCUT2D eigenvalue weighted by molar-refractivity contribution is 0.610. The molecule has 0 N–H and O–H groups in total. The summed E-state index contributed by atoms with van der Waals surface area (Å²) in [6, 6.07) is 6.66. The van der Waals surface area contributed by atoms with Gasteiger partial charge in [-0.1, -0.05) is 0 Å². The number of nitrogens with zero attached hydrogens (tertiary/aromatic N) is 2. The monoisotopic (exact) mass is 323 g/mol. The first-order valence-corrected chi connectivity index (χ1v) is 8.38. The molecule has 0 aromatic heterocycles. The normalized spacial score (nSPS) is 11.3. The van der Waals surface area contributed by atoms with Crippen LogP contribution in [-0.4, -0.2) is 28.2 Å². The fourth-order valence-corrected chi connectivity index (χ4v) is 3.85. The van der Waals surface area contributed by atoms with E-state index >= 15 is 0 Å². The summed E-state index contributed by atoms with van der Waals surface area (Å²) in [5, 5.41) is 2.44. The highest BCUT2D eigenvalue weighted by Crippen LogP contribution is 2.36. The second-order valence-corrected chi connectivity index (χ2v) is 7.19. The zero-order chi connectivity index (χ0) is 17.8. The standard InChI is InChI=1S/C21H27N2O/c1-12-9-16-14(3)17-10-13(2)20(23(7)8)15(4)21(17)24-19(16)11-18(12)22(5)6/h9-11H,1-8H3/q+1. The quantitative estimate of drug-likeness (QED) is 0.500. The van der Waals surface area contributed by atoms with Crippen molar-refractivity contribution in [2.45, 2.75) is 27.7 Å². The summed E-state index contributed by atoms with van der Waals surface area (Å²) >= 11 is 0. The molecule has 0 radical (unpaired) electrons. The fourth-order valence-electron chi connectivity index (χ4n) is 3.85. The SMILES string of the molecule is Cc1cc2c(C)c3cc(C)c(=[N+](C)C)c(C)c-3oc2cc1N(C)C. The van der Waals surface area contributed by atoms with Crippen molar-refractivity contribution in [3.63, 3.8) is 0 Å². The van der Waals surface area contributed by atoms with Crippen LogP contribution >= 0.6 is 0 Å². The van der Waals surface area contributed by atoms with Gasteiger partial charge in [-0.05, 0) is 51.0 Å². The molecule has 3 heteroatoms. The summed E-state index contributed by atoms with van der Waals surface area (Å²) in [5.74, 6) is 0.989. The average molecular weight is 323 g/mol. The third-order valence-corrected chi connectivity index (χ3v) is 4.92. The zero-order valence-electron chi connectivity index (χ0n) is 16.0. The highest BCUT2D eigenvalue weighted by atomic mass is 16.3. The van der Waals surface area contributed by atoms with Gasteiger partial charge in [0.25, 0.3) is 0 Å². The molecule has 0 unspecified atom stereocenters. The van der Waals surface area contributed by atoms with E-state index in [0.29, 0.717) is 0 Å². The van der Waals surface area contributed by atoms with Gasteiger partial charge in [-0.15, -0.1) is 0 Å². The van der Waals surface area contributed by atoms with Gasteiger partial charge in [0, 0.05) is 42.4 Å². The van der Waals surface area contributed by atoms with Crippen LogP contribution in [0.1, 0.15) is 22.3 Å². The second-order valence-electron chi connectivity index (χ2n) is 7.19. The van der Waals surface area contributed by atoms with Crippen molar-refractivity contribution in [1.82, 2.24) is 4.58 Å². The van der Waals surface area contributed by atoms with Gasteiger partial charge in [-0.3, -0.25) is 0 Å². The number of aryl methyl sites for hydroxylation is 3. The van der Waals surface area contributed by atoms with Crippen molar-refractivity contribution in [2.24, 2.45) is 0 Å². The molecule has 0 spiro atoms. The largest absolute Gasteiger partial charge is 0.455 e. The van der Waals surface area contributed by atoms with Crippen LogP contribution in [0.2, 0.25) is 0 Å². The predicted octanol–water partition coefficient (Wildman–Crippen LogP) is 3.87. The van der Waals surface area contributed by atoms with Crippen molar-refractivity contribution < 1.29 is 4.42 Å². The first-order chi connectivity index (χ1) is 11.2. The molecule has 2 aliphatic rings. The van der Waals surface area contributed by atoms with Crippen LogP contribution in [0, 0.1) is 27.7 Å². The van der Waals surface area contributed by atoms with Crippen molar-refractivity contribution in [2.75, 3.05) is 33.1 Å². The smallest absolute Gasteiger partial charge is 0.209 e. The minimum Gasteiger partial charge on any atom is -0.455 e. The Bertz CT molecular complexity index is 989. The lowest BCUT2D eigenvalue weighted by atomic mass is 9.94. The molecule has 0 saturated heterocycles. The van der Waals surface area contributed by atoms with Crippen LogP contribution in [0.4, 0.5) is 5.69 Å². The van der Waals surface area contributed by atoms with Crippen LogP contribution in [-0.2, 0) is 0 Å². The molecule has 1 aliphatic heterocycles. The molecule has 0 saturated carbocycles. The number of fused-ring (bicyclic) bond motifs is 2. The summed E-state index contributed by atoms with van der Waals surface area (Å²) in [7, 11) is 8.31.